The van der Waals surface area contributed by atoms with Gasteiger partial charge in [0, 0.05) is 30.1 Å². The summed E-state index contributed by atoms with van der Waals surface area (Å²) in [7, 11) is 0. The monoisotopic (exact) mass is 510 g/mol. The van der Waals surface area contributed by atoms with Gasteiger partial charge in [-0.25, -0.2) is 9.59 Å². The van der Waals surface area contributed by atoms with Crippen LogP contribution in [0.25, 0.3) is 0 Å². The van der Waals surface area contributed by atoms with Crippen molar-refractivity contribution in [3.8, 4) is 11.5 Å². The highest BCUT2D eigenvalue weighted by atomic mass is 16.6. The molecule has 7 heteroatoms. The predicted octanol–water partition coefficient (Wildman–Crippen LogP) is 5.85. The molecule has 1 heterocycles. The molecular weight excluding hydrogens is 468 g/mol. The minimum atomic E-state index is -0.635. The van der Waals surface area contributed by atoms with Crippen molar-refractivity contribution in [2.45, 2.75) is 72.6 Å². The van der Waals surface area contributed by atoms with E-state index in [1.54, 1.807) is 4.90 Å². The minimum Gasteiger partial charge on any atom is -0.493 e. The lowest BCUT2D eigenvalue weighted by Gasteiger charge is -2.29. The number of rotatable bonds is 10. The third-order valence-corrected chi connectivity index (χ3v) is 6.74. The highest BCUT2D eigenvalue weighted by Gasteiger charge is 2.46. The average Bonchev–Trinajstić information content (AvgIpc) is 3.18. The summed E-state index contributed by atoms with van der Waals surface area (Å²) >= 11 is 0. The summed E-state index contributed by atoms with van der Waals surface area (Å²) in [5.41, 5.74) is 1.06. The summed E-state index contributed by atoms with van der Waals surface area (Å²) in [6.45, 7) is 14.9. The largest absolute Gasteiger partial charge is 0.493 e. The lowest BCUT2D eigenvalue weighted by Crippen LogP contribution is -2.46. The van der Waals surface area contributed by atoms with E-state index in [1.807, 2.05) is 89.2 Å². The standard InChI is InChI=1S/C30H42N2O5/c1-19(2)17-35-24-14-11-15-25(16-24)36-18-26-22(7)27(31-28(26)23-12-9-8-10-13-23)29(33)37-30(34)32(20(3)4)21(5)6/h8-16,19-22,26-28,31H,17-18H2,1-7H3. The van der Waals surface area contributed by atoms with E-state index >= 15 is 0 Å². The van der Waals surface area contributed by atoms with Crippen LogP contribution in [0.15, 0.2) is 54.6 Å². The van der Waals surface area contributed by atoms with Crippen molar-refractivity contribution >= 4 is 12.1 Å². The molecule has 2 aromatic rings. The summed E-state index contributed by atoms with van der Waals surface area (Å²) in [4.78, 5) is 27.6. The average molecular weight is 511 g/mol. The van der Waals surface area contributed by atoms with Crippen LogP contribution < -0.4 is 14.8 Å². The first-order chi connectivity index (χ1) is 17.6. The van der Waals surface area contributed by atoms with E-state index in [-0.39, 0.29) is 30.0 Å². The Bertz CT molecular complexity index is 1020. The van der Waals surface area contributed by atoms with E-state index < -0.39 is 18.1 Å². The molecule has 0 aliphatic carbocycles. The van der Waals surface area contributed by atoms with Gasteiger partial charge in [-0.2, -0.15) is 0 Å². The molecule has 1 fully saturated rings. The molecule has 37 heavy (non-hydrogen) atoms. The van der Waals surface area contributed by atoms with Crippen LogP contribution in [-0.4, -0.2) is 48.3 Å². The normalized spacial score (nSPS) is 21.4. The summed E-state index contributed by atoms with van der Waals surface area (Å²) in [5.74, 6) is 1.20. The third kappa shape index (κ3) is 7.48. The number of carbonyl (C=O) groups is 2. The summed E-state index contributed by atoms with van der Waals surface area (Å²) in [6, 6.07) is 16.7. The van der Waals surface area contributed by atoms with Crippen molar-refractivity contribution in [2.75, 3.05) is 13.2 Å². The van der Waals surface area contributed by atoms with Gasteiger partial charge in [0.05, 0.1) is 13.2 Å². The van der Waals surface area contributed by atoms with Gasteiger partial charge in [0.15, 0.2) is 0 Å². The number of esters is 1. The number of carbonyl (C=O) groups excluding carboxylic acids is 2. The number of amides is 1. The maximum absolute atomic E-state index is 13.2. The minimum absolute atomic E-state index is 0.0263. The SMILES string of the molecule is CC(C)COc1cccc(OCC2C(c3ccccc3)NC(C(=O)OC(=O)N(C(C)C)C(C)C)C2C)c1. The number of benzene rings is 2. The lowest BCUT2D eigenvalue weighted by atomic mass is 9.86. The Morgan fingerprint density at radius 1 is 0.892 bits per heavy atom. The number of hydrogen-bond acceptors (Lipinski definition) is 6. The van der Waals surface area contributed by atoms with Crippen molar-refractivity contribution in [2.24, 2.45) is 17.8 Å². The first-order valence-corrected chi connectivity index (χ1v) is 13.3. The van der Waals surface area contributed by atoms with Gasteiger partial charge < -0.3 is 19.1 Å². The first kappa shape index (κ1) is 28.5. The molecule has 0 saturated carbocycles. The Morgan fingerprint density at radius 2 is 1.51 bits per heavy atom. The smallest absolute Gasteiger partial charge is 0.418 e. The van der Waals surface area contributed by atoms with E-state index in [0.717, 1.165) is 11.3 Å². The molecule has 1 amide bonds. The van der Waals surface area contributed by atoms with Crippen LogP contribution in [0.2, 0.25) is 0 Å². The summed E-state index contributed by atoms with van der Waals surface area (Å²) in [6.07, 6.45) is -0.613. The van der Waals surface area contributed by atoms with Crippen LogP contribution in [0.3, 0.4) is 0 Å². The van der Waals surface area contributed by atoms with Gasteiger partial charge in [-0.15, -0.1) is 0 Å². The molecule has 0 spiro atoms. The molecule has 0 bridgehead atoms. The number of ether oxygens (including phenoxy) is 3. The Balaban J connectivity index is 1.75. The van der Waals surface area contributed by atoms with Gasteiger partial charge in [0.2, 0.25) is 0 Å². The molecule has 1 aliphatic rings. The molecule has 1 N–H and O–H groups in total. The molecule has 202 valence electrons. The number of hydrogen-bond donors (Lipinski definition) is 1. The highest BCUT2D eigenvalue weighted by Crippen LogP contribution is 2.38. The molecule has 3 rings (SSSR count). The first-order valence-electron chi connectivity index (χ1n) is 13.3. The highest BCUT2D eigenvalue weighted by molar-refractivity contribution is 5.88. The molecule has 0 aromatic heterocycles. The van der Waals surface area contributed by atoms with Gasteiger partial charge in [0.25, 0.3) is 0 Å². The maximum atomic E-state index is 13.2. The van der Waals surface area contributed by atoms with Crippen molar-refractivity contribution in [3.63, 3.8) is 0 Å². The van der Waals surface area contributed by atoms with Crippen LogP contribution in [0.4, 0.5) is 4.79 Å². The van der Waals surface area contributed by atoms with Crippen molar-refractivity contribution in [1.82, 2.24) is 10.2 Å². The van der Waals surface area contributed by atoms with Crippen LogP contribution in [-0.2, 0) is 9.53 Å². The Kier molecular flexibility index (Phi) is 9.98. The third-order valence-electron chi connectivity index (χ3n) is 6.74. The fourth-order valence-electron chi connectivity index (χ4n) is 4.88. The van der Waals surface area contributed by atoms with Crippen LogP contribution >= 0.6 is 0 Å². The molecular formula is C30H42N2O5. The zero-order chi connectivity index (χ0) is 27.1. The van der Waals surface area contributed by atoms with Crippen molar-refractivity contribution < 1.29 is 23.8 Å². The number of nitrogens with zero attached hydrogens (tertiary/aromatic N) is 1. The Hall–Kier alpha value is -3.06. The van der Waals surface area contributed by atoms with E-state index in [9.17, 15) is 9.59 Å². The van der Waals surface area contributed by atoms with Crippen LogP contribution in [0, 0.1) is 17.8 Å². The fraction of sp³-hybridized carbons (Fsp3) is 0.533. The second-order valence-electron chi connectivity index (χ2n) is 10.8. The topological polar surface area (TPSA) is 77.1 Å². The fourth-order valence-corrected chi connectivity index (χ4v) is 4.88. The molecule has 1 saturated heterocycles. The summed E-state index contributed by atoms with van der Waals surface area (Å²) in [5, 5.41) is 3.44. The summed E-state index contributed by atoms with van der Waals surface area (Å²) < 4.78 is 17.4. The molecule has 0 radical (unpaired) electrons. The molecule has 7 nitrogen and oxygen atoms in total. The quantitative estimate of drug-likeness (QED) is 0.319. The molecule has 2 aromatic carbocycles. The lowest BCUT2D eigenvalue weighted by molar-refractivity contribution is -0.141. The van der Waals surface area contributed by atoms with Crippen molar-refractivity contribution in [3.05, 3.63) is 60.2 Å². The maximum Gasteiger partial charge on any atom is 0.418 e. The molecule has 4 unspecified atom stereocenters. The van der Waals surface area contributed by atoms with E-state index in [4.69, 9.17) is 14.2 Å². The van der Waals surface area contributed by atoms with Crippen molar-refractivity contribution in [1.29, 1.82) is 0 Å². The Morgan fingerprint density at radius 3 is 2.11 bits per heavy atom. The second-order valence-corrected chi connectivity index (χ2v) is 10.8. The Labute approximate surface area is 221 Å². The van der Waals surface area contributed by atoms with Gasteiger partial charge >= 0.3 is 12.1 Å². The molecule has 4 atom stereocenters. The van der Waals surface area contributed by atoms with Crippen LogP contribution in [0.1, 0.15) is 60.1 Å². The van der Waals surface area contributed by atoms with Gasteiger partial charge in [0.1, 0.15) is 17.5 Å². The number of nitrogens with one attached hydrogen (secondary N) is 1. The van der Waals surface area contributed by atoms with Gasteiger partial charge in [-0.05, 0) is 57.2 Å². The zero-order valence-electron chi connectivity index (χ0n) is 23.1. The zero-order valence-corrected chi connectivity index (χ0v) is 23.1. The van der Waals surface area contributed by atoms with Gasteiger partial charge in [-0.3, -0.25) is 5.32 Å². The van der Waals surface area contributed by atoms with Crippen LogP contribution in [0.5, 0.6) is 11.5 Å². The predicted molar refractivity (Wildman–Crippen MR) is 145 cm³/mol. The van der Waals surface area contributed by atoms with E-state index in [0.29, 0.717) is 24.9 Å². The molecule has 1 aliphatic heterocycles. The van der Waals surface area contributed by atoms with Gasteiger partial charge in [-0.1, -0.05) is 57.2 Å². The second kappa shape index (κ2) is 13.0. The van der Waals surface area contributed by atoms with E-state index in [2.05, 4.69) is 19.2 Å². The van der Waals surface area contributed by atoms with E-state index in [1.165, 1.54) is 0 Å².